The van der Waals surface area contributed by atoms with Crippen molar-refractivity contribution in [3.63, 3.8) is 0 Å². The van der Waals surface area contributed by atoms with Gasteiger partial charge in [-0.05, 0) is 56.3 Å². The average molecular weight is 263 g/mol. The van der Waals surface area contributed by atoms with Crippen molar-refractivity contribution in [2.24, 2.45) is 5.92 Å². The fourth-order valence-electron chi connectivity index (χ4n) is 2.20. The molecule has 1 aromatic rings. The molecule has 0 aliphatic rings. The van der Waals surface area contributed by atoms with Crippen molar-refractivity contribution in [2.75, 3.05) is 13.2 Å². The summed E-state index contributed by atoms with van der Waals surface area (Å²) < 4.78 is 5.86. The standard InChI is InChI=1S/C17H29NO/c1-6-18-15(5)16-9-10-17(14(4)12-16)19-11-7-8-13(2)3/h9-10,12-13,15,18H,6-8,11H2,1-5H3. The van der Waals surface area contributed by atoms with Crippen LogP contribution in [0.2, 0.25) is 0 Å². The second kappa shape index (κ2) is 8.21. The number of nitrogens with one attached hydrogen (secondary N) is 1. The molecule has 0 heterocycles. The number of rotatable bonds is 8. The highest BCUT2D eigenvalue weighted by atomic mass is 16.5. The lowest BCUT2D eigenvalue weighted by Crippen LogP contribution is -2.17. The van der Waals surface area contributed by atoms with E-state index in [9.17, 15) is 0 Å². The summed E-state index contributed by atoms with van der Waals surface area (Å²) in [5.41, 5.74) is 2.56. The summed E-state index contributed by atoms with van der Waals surface area (Å²) in [5.74, 6) is 1.78. The molecule has 1 unspecified atom stereocenters. The SMILES string of the molecule is CCNC(C)c1ccc(OCCCC(C)C)c(C)c1. The third-order valence-corrected chi connectivity index (χ3v) is 3.39. The zero-order valence-corrected chi connectivity index (χ0v) is 13.1. The van der Waals surface area contributed by atoms with Gasteiger partial charge in [-0.25, -0.2) is 0 Å². The molecule has 0 aliphatic heterocycles. The Balaban J connectivity index is 2.52. The molecule has 1 rings (SSSR count). The Hall–Kier alpha value is -1.02. The monoisotopic (exact) mass is 263 g/mol. The Kier molecular flexibility index (Phi) is 6.93. The van der Waals surface area contributed by atoms with Crippen LogP contribution in [0.15, 0.2) is 18.2 Å². The molecule has 0 fully saturated rings. The molecule has 108 valence electrons. The van der Waals surface area contributed by atoms with Gasteiger partial charge in [0.1, 0.15) is 5.75 Å². The minimum absolute atomic E-state index is 0.402. The first-order valence-electron chi connectivity index (χ1n) is 7.51. The van der Waals surface area contributed by atoms with Gasteiger partial charge in [-0.1, -0.05) is 32.9 Å². The molecule has 2 nitrogen and oxygen atoms in total. The van der Waals surface area contributed by atoms with Gasteiger partial charge >= 0.3 is 0 Å². The summed E-state index contributed by atoms with van der Waals surface area (Å²) in [6.45, 7) is 12.8. The first kappa shape index (κ1) is 16.0. The van der Waals surface area contributed by atoms with Crippen LogP contribution in [-0.4, -0.2) is 13.2 Å². The highest BCUT2D eigenvalue weighted by Gasteiger charge is 2.06. The van der Waals surface area contributed by atoms with Gasteiger partial charge in [0, 0.05) is 6.04 Å². The summed E-state index contributed by atoms with van der Waals surface area (Å²) in [4.78, 5) is 0. The average Bonchev–Trinajstić information content (AvgIpc) is 2.36. The lowest BCUT2D eigenvalue weighted by Gasteiger charge is -2.16. The molecular weight excluding hydrogens is 234 g/mol. The predicted octanol–water partition coefficient (Wildman–Crippen LogP) is 4.48. The zero-order chi connectivity index (χ0) is 14.3. The van der Waals surface area contributed by atoms with E-state index < -0.39 is 0 Å². The van der Waals surface area contributed by atoms with Crippen LogP contribution in [0.1, 0.15) is 57.7 Å². The maximum absolute atomic E-state index is 5.86. The Bertz CT molecular complexity index is 374. The topological polar surface area (TPSA) is 21.3 Å². The molecule has 1 aromatic carbocycles. The van der Waals surface area contributed by atoms with Crippen LogP contribution in [0.5, 0.6) is 5.75 Å². The van der Waals surface area contributed by atoms with E-state index in [1.807, 2.05) is 0 Å². The number of hydrogen-bond acceptors (Lipinski definition) is 2. The quantitative estimate of drug-likeness (QED) is 0.698. The maximum atomic E-state index is 5.86. The Morgan fingerprint density at radius 3 is 2.53 bits per heavy atom. The Morgan fingerprint density at radius 2 is 1.95 bits per heavy atom. The molecule has 1 atom stereocenters. The zero-order valence-electron chi connectivity index (χ0n) is 13.1. The van der Waals surface area contributed by atoms with Crippen LogP contribution >= 0.6 is 0 Å². The molecule has 0 bridgehead atoms. The van der Waals surface area contributed by atoms with Crippen LogP contribution in [0.4, 0.5) is 0 Å². The summed E-state index contributed by atoms with van der Waals surface area (Å²) in [7, 11) is 0. The van der Waals surface area contributed by atoms with E-state index in [-0.39, 0.29) is 0 Å². The van der Waals surface area contributed by atoms with E-state index in [1.165, 1.54) is 17.5 Å². The summed E-state index contributed by atoms with van der Waals surface area (Å²) in [6.07, 6.45) is 2.36. The Labute approximate surface area is 118 Å². The normalized spacial score (nSPS) is 12.7. The van der Waals surface area contributed by atoms with Crippen molar-refractivity contribution in [3.8, 4) is 5.75 Å². The van der Waals surface area contributed by atoms with Gasteiger partial charge in [0.2, 0.25) is 0 Å². The van der Waals surface area contributed by atoms with Crippen LogP contribution in [0, 0.1) is 12.8 Å². The lowest BCUT2D eigenvalue weighted by atomic mass is 10.0. The Morgan fingerprint density at radius 1 is 1.21 bits per heavy atom. The molecule has 0 radical (unpaired) electrons. The summed E-state index contributed by atoms with van der Waals surface area (Å²) in [5, 5.41) is 3.43. The van der Waals surface area contributed by atoms with E-state index in [4.69, 9.17) is 4.74 Å². The molecule has 2 heteroatoms. The van der Waals surface area contributed by atoms with Gasteiger partial charge in [-0.2, -0.15) is 0 Å². The second-order valence-corrected chi connectivity index (χ2v) is 5.69. The van der Waals surface area contributed by atoms with Crippen molar-refractivity contribution >= 4 is 0 Å². The third kappa shape index (κ3) is 5.65. The minimum Gasteiger partial charge on any atom is -0.493 e. The second-order valence-electron chi connectivity index (χ2n) is 5.69. The minimum atomic E-state index is 0.402. The predicted molar refractivity (Wildman–Crippen MR) is 82.8 cm³/mol. The number of ether oxygens (including phenoxy) is 1. The number of benzene rings is 1. The van der Waals surface area contributed by atoms with Crippen LogP contribution in [0.25, 0.3) is 0 Å². The molecule has 0 aromatic heterocycles. The van der Waals surface area contributed by atoms with E-state index in [0.717, 1.165) is 31.2 Å². The molecule has 0 spiro atoms. The van der Waals surface area contributed by atoms with Gasteiger partial charge < -0.3 is 10.1 Å². The van der Waals surface area contributed by atoms with Crippen LogP contribution in [-0.2, 0) is 0 Å². The molecule has 0 saturated carbocycles. The molecule has 1 N–H and O–H groups in total. The maximum Gasteiger partial charge on any atom is 0.122 e. The highest BCUT2D eigenvalue weighted by Crippen LogP contribution is 2.23. The number of hydrogen-bond donors (Lipinski definition) is 1. The van der Waals surface area contributed by atoms with Crippen molar-refractivity contribution in [1.82, 2.24) is 5.32 Å². The largest absolute Gasteiger partial charge is 0.493 e. The smallest absolute Gasteiger partial charge is 0.122 e. The van der Waals surface area contributed by atoms with Crippen molar-refractivity contribution in [2.45, 2.75) is 53.5 Å². The molecule has 0 amide bonds. The summed E-state index contributed by atoms with van der Waals surface area (Å²) >= 11 is 0. The van der Waals surface area contributed by atoms with Gasteiger partial charge in [-0.3, -0.25) is 0 Å². The third-order valence-electron chi connectivity index (χ3n) is 3.39. The van der Waals surface area contributed by atoms with Gasteiger partial charge in [0.05, 0.1) is 6.61 Å². The summed E-state index contributed by atoms with van der Waals surface area (Å²) in [6, 6.07) is 6.90. The van der Waals surface area contributed by atoms with Crippen LogP contribution in [0.3, 0.4) is 0 Å². The molecule has 0 saturated heterocycles. The van der Waals surface area contributed by atoms with Crippen LogP contribution < -0.4 is 10.1 Å². The molecule has 19 heavy (non-hydrogen) atoms. The lowest BCUT2D eigenvalue weighted by molar-refractivity contribution is 0.296. The number of aryl methyl sites for hydroxylation is 1. The van der Waals surface area contributed by atoms with Gasteiger partial charge in [0.25, 0.3) is 0 Å². The fourth-order valence-corrected chi connectivity index (χ4v) is 2.20. The molecular formula is C17H29NO. The first-order valence-corrected chi connectivity index (χ1v) is 7.51. The van der Waals surface area contributed by atoms with E-state index in [1.54, 1.807) is 0 Å². The van der Waals surface area contributed by atoms with Crippen molar-refractivity contribution in [1.29, 1.82) is 0 Å². The first-order chi connectivity index (χ1) is 9.04. The van der Waals surface area contributed by atoms with Crippen molar-refractivity contribution in [3.05, 3.63) is 29.3 Å². The van der Waals surface area contributed by atoms with Gasteiger partial charge in [-0.15, -0.1) is 0 Å². The molecule has 0 aliphatic carbocycles. The van der Waals surface area contributed by atoms with Crippen molar-refractivity contribution < 1.29 is 4.74 Å². The van der Waals surface area contributed by atoms with E-state index >= 15 is 0 Å². The van der Waals surface area contributed by atoms with E-state index in [0.29, 0.717) is 6.04 Å². The highest BCUT2D eigenvalue weighted by molar-refractivity contribution is 5.37. The van der Waals surface area contributed by atoms with E-state index in [2.05, 4.69) is 58.1 Å². The van der Waals surface area contributed by atoms with Gasteiger partial charge in [0.15, 0.2) is 0 Å². The fraction of sp³-hybridized carbons (Fsp3) is 0.647.